The summed E-state index contributed by atoms with van der Waals surface area (Å²) in [7, 11) is 0. The van der Waals surface area contributed by atoms with Crippen LogP contribution in [0.5, 0.6) is 0 Å². The van der Waals surface area contributed by atoms with Gasteiger partial charge in [0.25, 0.3) is 0 Å². The molecule has 3 nitrogen and oxygen atoms in total. The molecule has 1 fully saturated rings. The molecule has 1 rings (SSSR count). The average Bonchev–Trinajstić information content (AvgIpc) is 2.42. The van der Waals surface area contributed by atoms with Crippen molar-refractivity contribution < 1.29 is 4.79 Å². The van der Waals surface area contributed by atoms with Crippen LogP contribution in [0.1, 0.15) is 38.5 Å². The summed E-state index contributed by atoms with van der Waals surface area (Å²) in [6, 6.07) is 0. The Hall–Kier alpha value is 0.0700. The van der Waals surface area contributed by atoms with Gasteiger partial charge in [-0.05, 0) is 19.1 Å². The van der Waals surface area contributed by atoms with Crippen molar-refractivity contribution in [3.05, 3.63) is 0 Å². The van der Waals surface area contributed by atoms with Crippen molar-refractivity contribution in [2.45, 2.75) is 44.1 Å². The van der Waals surface area contributed by atoms with Crippen molar-refractivity contribution in [3.8, 4) is 0 Å². The minimum absolute atomic E-state index is 0. The fourth-order valence-electron chi connectivity index (χ4n) is 2.07. The summed E-state index contributed by atoms with van der Waals surface area (Å²) in [6.45, 7) is 0.645. The van der Waals surface area contributed by atoms with Gasteiger partial charge < -0.3 is 11.1 Å². The third-order valence-corrected chi connectivity index (χ3v) is 3.56. The third-order valence-electron chi connectivity index (χ3n) is 3.01. The lowest BCUT2D eigenvalue weighted by Crippen LogP contribution is -2.50. The van der Waals surface area contributed by atoms with Crippen LogP contribution in [0.4, 0.5) is 0 Å². The SMILES string of the molecule is CSCC(=O)NCC1(N)CCCCCC1.Cl. The molecule has 0 spiro atoms. The van der Waals surface area contributed by atoms with Gasteiger partial charge >= 0.3 is 0 Å². The summed E-state index contributed by atoms with van der Waals surface area (Å²) in [6.07, 6.45) is 9.02. The molecule has 5 heteroatoms. The second-order valence-electron chi connectivity index (χ2n) is 4.49. The number of nitrogens with one attached hydrogen (secondary N) is 1. The summed E-state index contributed by atoms with van der Waals surface area (Å²) in [5.41, 5.74) is 6.13. The Balaban J connectivity index is 0.00000225. The van der Waals surface area contributed by atoms with Crippen LogP contribution in [0.15, 0.2) is 0 Å². The van der Waals surface area contributed by atoms with Gasteiger partial charge in [-0.25, -0.2) is 0 Å². The quantitative estimate of drug-likeness (QED) is 0.765. The molecule has 1 amide bonds. The number of rotatable bonds is 4. The molecule has 16 heavy (non-hydrogen) atoms. The van der Waals surface area contributed by atoms with Crippen LogP contribution in [-0.4, -0.2) is 30.0 Å². The van der Waals surface area contributed by atoms with Crippen molar-refractivity contribution >= 4 is 30.1 Å². The zero-order valence-electron chi connectivity index (χ0n) is 9.96. The van der Waals surface area contributed by atoms with Gasteiger partial charge in [0.1, 0.15) is 0 Å². The van der Waals surface area contributed by atoms with E-state index in [1.807, 2.05) is 6.26 Å². The van der Waals surface area contributed by atoms with Crippen molar-refractivity contribution in [1.82, 2.24) is 5.32 Å². The minimum Gasteiger partial charge on any atom is -0.354 e. The Morgan fingerprint density at radius 3 is 2.38 bits per heavy atom. The van der Waals surface area contributed by atoms with E-state index in [4.69, 9.17) is 5.73 Å². The van der Waals surface area contributed by atoms with Gasteiger partial charge in [-0.3, -0.25) is 4.79 Å². The lowest BCUT2D eigenvalue weighted by atomic mass is 9.91. The van der Waals surface area contributed by atoms with E-state index >= 15 is 0 Å². The Bertz CT molecular complexity index is 206. The molecule has 0 aromatic heterocycles. The maximum Gasteiger partial charge on any atom is 0.230 e. The van der Waals surface area contributed by atoms with Crippen LogP contribution in [0, 0.1) is 0 Å². The fourth-order valence-corrected chi connectivity index (χ4v) is 2.43. The zero-order valence-corrected chi connectivity index (χ0v) is 11.6. The summed E-state index contributed by atoms with van der Waals surface area (Å²) in [5.74, 6) is 0.646. The van der Waals surface area contributed by atoms with Gasteiger partial charge in [0.15, 0.2) is 0 Å². The van der Waals surface area contributed by atoms with E-state index < -0.39 is 0 Å². The zero-order chi connectivity index (χ0) is 11.1. The average molecular weight is 267 g/mol. The van der Waals surface area contributed by atoms with Gasteiger partial charge in [-0.2, -0.15) is 11.8 Å². The van der Waals surface area contributed by atoms with E-state index in [-0.39, 0.29) is 23.9 Å². The maximum atomic E-state index is 11.3. The molecule has 0 saturated heterocycles. The first-order valence-corrected chi connectivity index (χ1v) is 7.10. The molecule has 0 bridgehead atoms. The number of amides is 1. The first-order valence-electron chi connectivity index (χ1n) is 5.71. The van der Waals surface area contributed by atoms with Crippen molar-refractivity contribution in [2.75, 3.05) is 18.6 Å². The molecule has 0 aliphatic heterocycles. The number of nitrogens with two attached hydrogens (primary N) is 1. The standard InChI is InChI=1S/C11H22N2OS.ClH/c1-15-8-10(14)13-9-11(12)6-4-2-3-5-7-11;/h2-9,12H2,1H3,(H,13,14);1H. The Kier molecular flexibility index (Phi) is 8.24. The topological polar surface area (TPSA) is 55.1 Å². The van der Waals surface area contributed by atoms with Crippen LogP contribution in [0.3, 0.4) is 0 Å². The largest absolute Gasteiger partial charge is 0.354 e. The minimum atomic E-state index is -0.148. The van der Waals surface area contributed by atoms with Crippen LogP contribution in [0.2, 0.25) is 0 Å². The maximum absolute atomic E-state index is 11.3. The van der Waals surface area contributed by atoms with Gasteiger partial charge in [-0.15, -0.1) is 12.4 Å². The summed E-state index contributed by atoms with van der Waals surface area (Å²) >= 11 is 1.55. The molecule has 0 heterocycles. The van der Waals surface area contributed by atoms with E-state index in [2.05, 4.69) is 5.32 Å². The normalized spacial score (nSPS) is 19.4. The van der Waals surface area contributed by atoms with E-state index in [0.717, 1.165) is 12.8 Å². The van der Waals surface area contributed by atoms with Crippen LogP contribution < -0.4 is 11.1 Å². The van der Waals surface area contributed by atoms with Crippen molar-refractivity contribution in [1.29, 1.82) is 0 Å². The molecular weight excluding hydrogens is 244 g/mol. The van der Waals surface area contributed by atoms with Gasteiger partial charge in [0.2, 0.25) is 5.91 Å². The second-order valence-corrected chi connectivity index (χ2v) is 5.35. The van der Waals surface area contributed by atoms with Crippen LogP contribution in [0.25, 0.3) is 0 Å². The number of carbonyl (C=O) groups excluding carboxylic acids is 1. The molecule has 1 aliphatic carbocycles. The van der Waals surface area contributed by atoms with Crippen molar-refractivity contribution in [3.63, 3.8) is 0 Å². The molecule has 0 aromatic carbocycles. The molecule has 0 aromatic rings. The lowest BCUT2D eigenvalue weighted by Gasteiger charge is -2.28. The highest BCUT2D eigenvalue weighted by molar-refractivity contribution is 7.99. The van der Waals surface area contributed by atoms with Gasteiger partial charge in [0, 0.05) is 12.1 Å². The predicted octanol–water partition coefficient (Wildman–Crippen LogP) is 1.94. The summed E-state index contributed by atoms with van der Waals surface area (Å²) < 4.78 is 0. The number of thioether (sulfide) groups is 1. The van der Waals surface area contributed by atoms with E-state index in [9.17, 15) is 4.79 Å². The Morgan fingerprint density at radius 1 is 1.31 bits per heavy atom. The highest BCUT2D eigenvalue weighted by atomic mass is 35.5. The van der Waals surface area contributed by atoms with Gasteiger partial charge in [-0.1, -0.05) is 25.7 Å². The number of hydrogen-bond acceptors (Lipinski definition) is 3. The van der Waals surface area contributed by atoms with E-state index in [0.29, 0.717) is 12.3 Å². The second kappa shape index (κ2) is 8.20. The molecule has 1 saturated carbocycles. The molecule has 0 unspecified atom stereocenters. The molecular formula is C11H23ClN2OS. The monoisotopic (exact) mass is 266 g/mol. The lowest BCUT2D eigenvalue weighted by molar-refractivity contribution is -0.118. The fraction of sp³-hybridized carbons (Fsp3) is 0.909. The predicted molar refractivity (Wildman–Crippen MR) is 73.3 cm³/mol. The highest BCUT2D eigenvalue weighted by Crippen LogP contribution is 2.24. The molecule has 1 aliphatic rings. The number of hydrogen-bond donors (Lipinski definition) is 2. The number of halogens is 1. The Morgan fingerprint density at radius 2 is 1.88 bits per heavy atom. The summed E-state index contributed by atoms with van der Waals surface area (Å²) in [5, 5.41) is 2.94. The summed E-state index contributed by atoms with van der Waals surface area (Å²) in [4.78, 5) is 11.3. The van der Waals surface area contributed by atoms with Crippen molar-refractivity contribution in [2.24, 2.45) is 5.73 Å². The molecule has 96 valence electrons. The highest BCUT2D eigenvalue weighted by Gasteiger charge is 2.26. The first-order chi connectivity index (χ1) is 7.16. The number of carbonyl (C=O) groups is 1. The molecule has 0 radical (unpaired) electrons. The molecule has 3 N–H and O–H groups in total. The van der Waals surface area contributed by atoms with E-state index in [1.54, 1.807) is 11.8 Å². The smallest absolute Gasteiger partial charge is 0.230 e. The van der Waals surface area contributed by atoms with E-state index in [1.165, 1.54) is 25.7 Å². The molecule has 0 atom stereocenters. The first kappa shape index (κ1) is 16.1. The van der Waals surface area contributed by atoms with Gasteiger partial charge in [0.05, 0.1) is 5.75 Å². The van der Waals surface area contributed by atoms with Crippen LogP contribution in [-0.2, 0) is 4.79 Å². The Labute approximate surface area is 109 Å². The van der Waals surface area contributed by atoms with Crippen LogP contribution >= 0.6 is 24.2 Å². The third kappa shape index (κ3) is 5.97.